The highest BCUT2D eigenvalue weighted by Gasteiger charge is 2.34. The summed E-state index contributed by atoms with van der Waals surface area (Å²) >= 11 is 0. The largest absolute Gasteiger partial charge is 0.479 e. The van der Waals surface area contributed by atoms with E-state index in [4.69, 9.17) is 13.9 Å². The molecule has 0 fully saturated rings. The number of esters is 1. The summed E-state index contributed by atoms with van der Waals surface area (Å²) in [6, 6.07) is 3.90. The Morgan fingerprint density at radius 2 is 2.00 bits per heavy atom. The number of carbonyl (C=O) groups is 1. The van der Waals surface area contributed by atoms with Gasteiger partial charge in [-0.25, -0.2) is 9.59 Å². The first-order chi connectivity index (χ1) is 10.7. The van der Waals surface area contributed by atoms with Gasteiger partial charge in [0.1, 0.15) is 11.3 Å². The lowest BCUT2D eigenvalue weighted by Crippen LogP contribution is -2.26. The zero-order valence-electron chi connectivity index (χ0n) is 12.3. The summed E-state index contributed by atoms with van der Waals surface area (Å²) in [5.41, 5.74) is -2.49. The lowest BCUT2D eigenvalue weighted by atomic mass is 10.1. The normalized spacial score (nSPS) is 12.9. The summed E-state index contributed by atoms with van der Waals surface area (Å²) in [4.78, 5) is 22.8. The van der Waals surface area contributed by atoms with E-state index < -0.39 is 29.4 Å². The molecule has 1 heterocycles. The second kappa shape index (κ2) is 6.31. The zero-order valence-corrected chi connectivity index (χ0v) is 12.3. The molecule has 8 heteroatoms. The molecular formula is C15H13F3O5. The Labute approximate surface area is 128 Å². The van der Waals surface area contributed by atoms with Crippen molar-refractivity contribution in [2.24, 2.45) is 0 Å². The van der Waals surface area contributed by atoms with Gasteiger partial charge >= 0.3 is 17.8 Å². The summed E-state index contributed by atoms with van der Waals surface area (Å²) in [5.74, 6) is -0.529. The summed E-state index contributed by atoms with van der Waals surface area (Å²) in [5, 5.41) is -0.270. The summed E-state index contributed by atoms with van der Waals surface area (Å²) in [7, 11) is 0. The smallest absolute Gasteiger partial charge is 0.417 e. The van der Waals surface area contributed by atoms with Crippen LogP contribution in [0.2, 0.25) is 0 Å². The number of hydrogen-bond acceptors (Lipinski definition) is 5. The van der Waals surface area contributed by atoms with E-state index >= 15 is 0 Å². The molecule has 1 atom stereocenters. The average molecular weight is 330 g/mol. The lowest BCUT2D eigenvalue weighted by molar-refractivity contribution is -0.150. The molecule has 2 aromatic rings. The molecule has 1 aromatic heterocycles. The van der Waals surface area contributed by atoms with E-state index in [9.17, 15) is 22.8 Å². The van der Waals surface area contributed by atoms with Crippen LogP contribution in [0.4, 0.5) is 13.2 Å². The van der Waals surface area contributed by atoms with Crippen molar-refractivity contribution < 1.29 is 31.9 Å². The number of halogens is 3. The molecule has 0 N–H and O–H groups in total. The molecule has 1 unspecified atom stereocenters. The van der Waals surface area contributed by atoms with E-state index in [0.717, 1.165) is 12.1 Å². The van der Waals surface area contributed by atoms with Gasteiger partial charge in [0.15, 0.2) is 6.10 Å². The van der Waals surface area contributed by atoms with Crippen molar-refractivity contribution in [3.63, 3.8) is 0 Å². The number of carbonyl (C=O) groups excluding carboxylic acids is 1. The number of fused-ring (bicyclic) bond motifs is 1. The highest BCUT2D eigenvalue weighted by atomic mass is 19.4. The molecule has 0 saturated heterocycles. The van der Waals surface area contributed by atoms with Crippen molar-refractivity contribution in [2.75, 3.05) is 6.61 Å². The van der Waals surface area contributed by atoms with E-state index in [1.165, 1.54) is 13.0 Å². The van der Waals surface area contributed by atoms with E-state index in [0.29, 0.717) is 6.07 Å². The molecule has 0 amide bonds. The lowest BCUT2D eigenvalue weighted by Gasteiger charge is -2.14. The average Bonchev–Trinajstić information content (AvgIpc) is 2.45. The molecule has 1 aromatic carbocycles. The fourth-order valence-corrected chi connectivity index (χ4v) is 1.96. The summed E-state index contributed by atoms with van der Waals surface area (Å²) < 4.78 is 53.6. The van der Waals surface area contributed by atoms with Gasteiger partial charge < -0.3 is 13.9 Å². The topological polar surface area (TPSA) is 65.7 Å². The Hall–Kier alpha value is -2.51. The maximum atomic E-state index is 12.9. The maximum Gasteiger partial charge on any atom is 0.417 e. The molecule has 0 aliphatic heterocycles. The molecule has 2 rings (SSSR count). The van der Waals surface area contributed by atoms with Crippen LogP contribution in [0.3, 0.4) is 0 Å². The molecular weight excluding hydrogens is 317 g/mol. The van der Waals surface area contributed by atoms with Crippen LogP contribution in [0.5, 0.6) is 5.75 Å². The monoisotopic (exact) mass is 330 g/mol. The molecule has 23 heavy (non-hydrogen) atoms. The second-order valence-corrected chi connectivity index (χ2v) is 4.65. The van der Waals surface area contributed by atoms with Crippen LogP contribution in [-0.2, 0) is 15.7 Å². The first-order valence-electron chi connectivity index (χ1n) is 6.70. The van der Waals surface area contributed by atoms with Crippen LogP contribution in [0, 0.1) is 0 Å². The zero-order chi connectivity index (χ0) is 17.2. The molecule has 0 aliphatic carbocycles. The SMILES string of the molecule is CCOC(=O)C(C)Oc1ccc2c(C(F)(F)F)cc(=O)oc2c1. The quantitative estimate of drug-likeness (QED) is 0.636. The summed E-state index contributed by atoms with van der Waals surface area (Å²) in [6.07, 6.45) is -5.64. The highest BCUT2D eigenvalue weighted by molar-refractivity contribution is 5.82. The first kappa shape index (κ1) is 16.9. The molecule has 0 aliphatic rings. The molecule has 5 nitrogen and oxygen atoms in total. The molecule has 0 bridgehead atoms. The Kier molecular flexibility index (Phi) is 4.63. The minimum Gasteiger partial charge on any atom is -0.479 e. The van der Waals surface area contributed by atoms with Gasteiger partial charge in [-0.2, -0.15) is 13.2 Å². The summed E-state index contributed by atoms with van der Waals surface area (Å²) in [6.45, 7) is 3.24. The van der Waals surface area contributed by atoms with Crippen molar-refractivity contribution in [1.82, 2.24) is 0 Å². The van der Waals surface area contributed by atoms with Crippen molar-refractivity contribution in [2.45, 2.75) is 26.1 Å². The van der Waals surface area contributed by atoms with Gasteiger partial charge in [0.05, 0.1) is 12.2 Å². The number of hydrogen-bond donors (Lipinski definition) is 0. The number of alkyl halides is 3. The van der Waals surface area contributed by atoms with Gasteiger partial charge in [-0.15, -0.1) is 0 Å². The standard InChI is InChI=1S/C15H13F3O5/c1-3-21-14(20)8(2)22-9-4-5-10-11(15(16,17)18)7-13(19)23-12(10)6-9/h4-8H,3H2,1-2H3. The Morgan fingerprint density at radius 3 is 2.61 bits per heavy atom. The van der Waals surface area contributed by atoms with E-state index in [1.807, 2.05) is 0 Å². The van der Waals surface area contributed by atoms with Crippen LogP contribution in [0.25, 0.3) is 11.0 Å². The van der Waals surface area contributed by atoms with Crippen molar-refractivity contribution in [3.8, 4) is 5.75 Å². The molecule has 0 spiro atoms. The fraction of sp³-hybridized carbons (Fsp3) is 0.333. The van der Waals surface area contributed by atoms with E-state index in [1.54, 1.807) is 6.92 Å². The minimum absolute atomic E-state index is 0.0838. The molecule has 0 radical (unpaired) electrons. The third-order valence-electron chi connectivity index (χ3n) is 2.95. The van der Waals surface area contributed by atoms with Gasteiger partial charge in [0.25, 0.3) is 0 Å². The van der Waals surface area contributed by atoms with Crippen LogP contribution in [0.15, 0.2) is 33.5 Å². The predicted molar refractivity (Wildman–Crippen MR) is 74.2 cm³/mol. The second-order valence-electron chi connectivity index (χ2n) is 4.65. The Morgan fingerprint density at radius 1 is 1.30 bits per heavy atom. The molecule has 124 valence electrons. The van der Waals surface area contributed by atoms with Gasteiger partial charge in [0, 0.05) is 17.5 Å². The van der Waals surface area contributed by atoms with Crippen molar-refractivity contribution >= 4 is 16.9 Å². The van der Waals surface area contributed by atoms with E-state index in [-0.39, 0.29) is 23.3 Å². The van der Waals surface area contributed by atoms with E-state index in [2.05, 4.69) is 0 Å². The molecule has 0 saturated carbocycles. The van der Waals surface area contributed by atoms with Crippen molar-refractivity contribution in [3.05, 3.63) is 40.2 Å². The van der Waals surface area contributed by atoms with Crippen LogP contribution < -0.4 is 10.4 Å². The van der Waals surface area contributed by atoms with Crippen LogP contribution in [0.1, 0.15) is 19.4 Å². The Balaban J connectivity index is 2.40. The van der Waals surface area contributed by atoms with Gasteiger partial charge in [-0.05, 0) is 26.0 Å². The van der Waals surface area contributed by atoms with Crippen molar-refractivity contribution in [1.29, 1.82) is 0 Å². The van der Waals surface area contributed by atoms with Gasteiger partial charge in [-0.1, -0.05) is 0 Å². The predicted octanol–water partition coefficient (Wildman–Crippen LogP) is 3.14. The number of rotatable bonds is 4. The minimum atomic E-state index is -4.69. The van der Waals surface area contributed by atoms with Gasteiger partial charge in [0.2, 0.25) is 0 Å². The number of ether oxygens (including phenoxy) is 2. The Bertz CT molecular complexity index is 779. The van der Waals surface area contributed by atoms with Crippen LogP contribution in [-0.4, -0.2) is 18.7 Å². The highest BCUT2D eigenvalue weighted by Crippen LogP contribution is 2.34. The number of benzene rings is 1. The maximum absolute atomic E-state index is 12.9. The van der Waals surface area contributed by atoms with Gasteiger partial charge in [-0.3, -0.25) is 0 Å². The third kappa shape index (κ3) is 3.82. The third-order valence-corrected chi connectivity index (χ3v) is 2.95. The fourth-order valence-electron chi connectivity index (χ4n) is 1.96. The first-order valence-corrected chi connectivity index (χ1v) is 6.70. The van der Waals surface area contributed by atoms with Crippen LogP contribution >= 0.6 is 0 Å².